The third-order valence-corrected chi connectivity index (χ3v) is 5.71. The van der Waals surface area contributed by atoms with Crippen molar-refractivity contribution in [2.45, 2.75) is 32.1 Å². The van der Waals surface area contributed by atoms with Crippen molar-refractivity contribution < 1.29 is 13.5 Å². The van der Waals surface area contributed by atoms with Gasteiger partial charge in [-0.2, -0.15) is 4.31 Å². The average Bonchev–Trinajstić information content (AvgIpc) is 2.50. The summed E-state index contributed by atoms with van der Waals surface area (Å²) in [6.45, 7) is 7.01. The summed E-state index contributed by atoms with van der Waals surface area (Å²) >= 11 is 5.18. The van der Waals surface area contributed by atoms with Crippen LogP contribution in [0.2, 0.25) is 0 Å². The summed E-state index contributed by atoms with van der Waals surface area (Å²) in [4.78, 5) is 0.243. The molecule has 1 aromatic rings. The largest absolute Gasteiger partial charge is 0.396 e. The Bertz CT molecular complexity index is 629. The first-order chi connectivity index (χ1) is 10.9. The molecular formula is C15H25N3O3S2. The summed E-state index contributed by atoms with van der Waals surface area (Å²) in [6.07, 6.45) is 0.594. The van der Waals surface area contributed by atoms with E-state index in [1.54, 1.807) is 18.2 Å². The Morgan fingerprint density at radius 2 is 1.96 bits per heavy atom. The van der Waals surface area contributed by atoms with Crippen LogP contribution in [-0.4, -0.2) is 49.2 Å². The van der Waals surface area contributed by atoms with Crippen LogP contribution in [0.3, 0.4) is 0 Å². The van der Waals surface area contributed by atoms with Gasteiger partial charge in [0.15, 0.2) is 5.11 Å². The summed E-state index contributed by atoms with van der Waals surface area (Å²) < 4.78 is 26.6. The summed E-state index contributed by atoms with van der Waals surface area (Å²) in [5.41, 5.74) is 1.55. The van der Waals surface area contributed by atoms with Crippen molar-refractivity contribution in [3.8, 4) is 0 Å². The van der Waals surface area contributed by atoms with Gasteiger partial charge in [-0.25, -0.2) is 8.42 Å². The van der Waals surface area contributed by atoms with Gasteiger partial charge in [0, 0.05) is 31.9 Å². The van der Waals surface area contributed by atoms with E-state index in [4.69, 9.17) is 17.3 Å². The van der Waals surface area contributed by atoms with E-state index in [1.807, 2.05) is 20.8 Å². The van der Waals surface area contributed by atoms with Crippen LogP contribution in [-0.2, 0) is 10.0 Å². The fourth-order valence-electron chi connectivity index (χ4n) is 2.06. The minimum Gasteiger partial charge on any atom is -0.396 e. The van der Waals surface area contributed by atoms with Crippen molar-refractivity contribution in [3.63, 3.8) is 0 Å². The van der Waals surface area contributed by atoms with Gasteiger partial charge < -0.3 is 15.7 Å². The van der Waals surface area contributed by atoms with Crippen molar-refractivity contribution in [1.82, 2.24) is 9.62 Å². The molecule has 6 nitrogen and oxygen atoms in total. The van der Waals surface area contributed by atoms with E-state index in [1.165, 1.54) is 4.31 Å². The standard InChI is InChI=1S/C15H25N3O3S2/c1-4-18(5-2)23(20,21)13-8-7-12(3)14(11-13)17-15(22)16-9-6-10-19/h7-8,11,19H,4-6,9-10H2,1-3H3,(H2,16,17,22). The Morgan fingerprint density at radius 1 is 1.30 bits per heavy atom. The molecule has 0 bridgehead atoms. The molecule has 1 rings (SSSR count). The van der Waals surface area contributed by atoms with Crippen molar-refractivity contribution in [2.75, 3.05) is 31.6 Å². The lowest BCUT2D eigenvalue weighted by atomic mass is 10.2. The van der Waals surface area contributed by atoms with E-state index >= 15 is 0 Å². The number of hydrogen-bond acceptors (Lipinski definition) is 4. The third kappa shape index (κ3) is 5.42. The Hall–Kier alpha value is -1.22. The Morgan fingerprint density at radius 3 is 2.52 bits per heavy atom. The number of nitrogens with one attached hydrogen (secondary N) is 2. The molecule has 0 saturated heterocycles. The second kappa shape index (κ2) is 9.17. The number of aliphatic hydroxyl groups excluding tert-OH is 1. The lowest BCUT2D eigenvalue weighted by Crippen LogP contribution is -2.31. The minimum absolute atomic E-state index is 0.0895. The number of benzene rings is 1. The zero-order chi connectivity index (χ0) is 17.5. The Labute approximate surface area is 143 Å². The van der Waals surface area contributed by atoms with Crippen LogP contribution in [0, 0.1) is 6.92 Å². The molecule has 0 aliphatic carbocycles. The van der Waals surface area contributed by atoms with Crippen LogP contribution in [0.15, 0.2) is 23.1 Å². The molecule has 0 aliphatic rings. The minimum atomic E-state index is -3.50. The molecule has 130 valence electrons. The smallest absolute Gasteiger partial charge is 0.243 e. The van der Waals surface area contributed by atoms with Gasteiger partial charge in [0.25, 0.3) is 0 Å². The van der Waals surface area contributed by atoms with E-state index in [0.717, 1.165) is 5.56 Å². The molecule has 0 aliphatic heterocycles. The quantitative estimate of drug-likeness (QED) is 0.484. The molecule has 0 saturated carbocycles. The van der Waals surface area contributed by atoms with Gasteiger partial charge in [0.2, 0.25) is 10.0 Å². The molecule has 0 unspecified atom stereocenters. The molecule has 23 heavy (non-hydrogen) atoms. The van der Waals surface area contributed by atoms with Gasteiger partial charge in [-0.1, -0.05) is 19.9 Å². The maximum Gasteiger partial charge on any atom is 0.243 e. The molecule has 0 aromatic heterocycles. The second-order valence-electron chi connectivity index (χ2n) is 5.02. The van der Waals surface area contributed by atoms with Gasteiger partial charge >= 0.3 is 0 Å². The number of aryl methyl sites for hydroxylation is 1. The highest BCUT2D eigenvalue weighted by Gasteiger charge is 2.22. The average molecular weight is 360 g/mol. The van der Waals surface area contributed by atoms with E-state index < -0.39 is 10.0 Å². The molecule has 0 fully saturated rings. The van der Waals surface area contributed by atoms with Crippen molar-refractivity contribution in [3.05, 3.63) is 23.8 Å². The van der Waals surface area contributed by atoms with E-state index in [9.17, 15) is 8.42 Å². The SMILES string of the molecule is CCN(CC)S(=O)(=O)c1ccc(C)c(NC(=S)NCCCO)c1. The Kier molecular flexibility index (Phi) is 7.90. The molecule has 0 spiro atoms. The summed E-state index contributed by atoms with van der Waals surface area (Å²) in [7, 11) is -3.50. The third-order valence-electron chi connectivity index (χ3n) is 3.42. The van der Waals surface area contributed by atoms with E-state index in [-0.39, 0.29) is 11.5 Å². The van der Waals surface area contributed by atoms with Crippen LogP contribution < -0.4 is 10.6 Å². The van der Waals surface area contributed by atoms with Gasteiger partial charge in [-0.05, 0) is 43.3 Å². The molecule has 8 heteroatoms. The molecular weight excluding hydrogens is 334 g/mol. The van der Waals surface area contributed by atoms with Crippen molar-refractivity contribution in [1.29, 1.82) is 0 Å². The van der Waals surface area contributed by atoms with Crippen LogP contribution in [0.1, 0.15) is 25.8 Å². The normalized spacial score (nSPS) is 11.5. The van der Waals surface area contributed by atoms with Crippen molar-refractivity contribution >= 4 is 33.0 Å². The molecule has 0 heterocycles. The molecule has 3 N–H and O–H groups in total. The predicted molar refractivity (Wildman–Crippen MR) is 97.2 cm³/mol. The first kappa shape index (κ1) is 19.8. The molecule has 0 radical (unpaired) electrons. The maximum absolute atomic E-state index is 12.6. The lowest BCUT2D eigenvalue weighted by Gasteiger charge is -2.20. The number of thiocarbonyl (C=S) groups is 1. The van der Waals surface area contributed by atoms with Crippen molar-refractivity contribution in [2.24, 2.45) is 0 Å². The molecule has 0 amide bonds. The number of rotatable bonds is 8. The zero-order valence-corrected chi connectivity index (χ0v) is 15.4. The van der Waals surface area contributed by atoms with Crippen LogP contribution in [0.5, 0.6) is 0 Å². The summed E-state index contributed by atoms with van der Waals surface area (Å²) in [6, 6.07) is 4.97. The molecule has 0 atom stereocenters. The number of anilines is 1. The number of sulfonamides is 1. The predicted octanol–water partition coefficient (Wildman–Crippen LogP) is 1.69. The molecule has 1 aromatic carbocycles. The maximum atomic E-state index is 12.6. The fourth-order valence-corrected chi connectivity index (χ4v) is 3.75. The van der Waals surface area contributed by atoms with Gasteiger partial charge in [-0.15, -0.1) is 0 Å². The topological polar surface area (TPSA) is 81.7 Å². The number of hydrogen-bond donors (Lipinski definition) is 3. The van der Waals surface area contributed by atoms with Gasteiger partial charge in [0.05, 0.1) is 4.90 Å². The van der Waals surface area contributed by atoms with Gasteiger partial charge in [0.1, 0.15) is 0 Å². The van der Waals surface area contributed by atoms with Crippen LogP contribution in [0.4, 0.5) is 5.69 Å². The highest BCUT2D eigenvalue weighted by atomic mass is 32.2. The summed E-state index contributed by atoms with van der Waals surface area (Å²) in [5.74, 6) is 0. The number of aliphatic hydroxyl groups is 1. The highest BCUT2D eigenvalue weighted by Crippen LogP contribution is 2.22. The fraction of sp³-hybridized carbons (Fsp3) is 0.533. The van der Waals surface area contributed by atoms with Crippen LogP contribution >= 0.6 is 12.2 Å². The lowest BCUT2D eigenvalue weighted by molar-refractivity contribution is 0.289. The Balaban J connectivity index is 2.97. The summed E-state index contributed by atoms with van der Waals surface area (Å²) in [5, 5.41) is 15.1. The van der Waals surface area contributed by atoms with E-state index in [0.29, 0.717) is 36.9 Å². The first-order valence-electron chi connectivity index (χ1n) is 7.63. The monoisotopic (exact) mass is 359 g/mol. The zero-order valence-electron chi connectivity index (χ0n) is 13.8. The van der Waals surface area contributed by atoms with Crippen LogP contribution in [0.25, 0.3) is 0 Å². The van der Waals surface area contributed by atoms with E-state index in [2.05, 4.69) is 10.6 Å². The van der Waals surface area contributed by atoms with Gasteiger partial charge in [-0.3, -0.25) is 0 Å². The first-order valence-corrected chi connectivity index (χ1v) is 9.48. The highest BCUT2D eigenvalue weighted by molar-refractivity contribution is 7.89. The number of nitrogens with zero attached hydrogens (tertiary/aromatic N) is 1. The second-order valence-corrected chi connectivity index (χ2v) is 7.37.